The minimum Gasteiger partial charge on any atom is -0.497 e. The highest BCUT2D eigenvalue weighted by Crippen LogP contribution is 2.43. The molecule has 26 heavy (non-hydrogen) atoms. The second-order valence-electron chi connectivity index (χ2n) is 5.24. The van der Waals surface area contributed by atoms with Gasteiger partial charge in [-0.1, -0.05) is 23.4 Å². The van der Waals surface area contributed by atoms with Crippen molar-refractivity contribution >= 4 is 29.1 Å². The van der Waals surface area contributed by atoms with Gasteiger partial charge in [0.1, 0.15) is 11.5 Å². The molecule has 0 N–H and O–H groups in total. The van der Waals surface area contributed by atoms with Crippen molar-refractivity contribution in [1.29, 1.82) is 0 Å². The number of halogens is 1. The molecule has 6 nitrogen and oxygen atoms in total. The number of nitro benzene ring substituents is 1. The van der Waals surface area contributed by atoms with Crippen molar-refractivity contribution in [1.82, 2.24) is 4.57 Å². The van der Waals surface area contributed by atoms with Crippen molar-refractivity contribution in [2.45, 2.75) is 9.79 Å². The fraction of sp³-hybridized carbons (Fsp3) is 0.111. The third kappa shape index (κ3) is 3.63. The molecule has 134 valence electrons. The lowest BCUT2D eigenvalue weighted by Gasteiger charge is -2.12. The molecular weight excluding hydrogens is 376 g/mol. The van der Waals surface area contributed by atoms with Crippen LogP contribution in [0.15, 0.2) is 64.6 Å². The van der Waals surface area contributed by atoms with E-state index in [1.807, 2.05) is 24.5 Å². The average molecular weight is 391 g/mol. The Morgan fingerprint density at radius 1 is 1.08 bits per heavy atom. The first-order valence-electron chi connectivity index (χ1n) is 7.54. The van der Waals surface area contributed by atoms with Gasteiger partial charge in [-0.05, 0) is 36.4 Å². The highest BCUT2D eigenvalue weighted by molar-refractivity contribution is 7.99. The van der Waals surface area contributed by atoms with E-state index in [-0.39, 0.29) is 5.69 Å². The number of hydrogen-bond donors (Lipinski definition) is 0. The lowest BCUT2D eigenvalue weighted by Crippen LogP contribution is -1.97. The number of benzene rings is 2. The van der Waals surface area contributed by atoms with Gasteiger partial charge in [0.15, 0.2) is 0 Å². The molecule has 0 fully saturated rings. The molecule has 3 rings (SSSR count). The third-order valence-electron chi connectivity index (χ3n) is 3.70. The van der Waals surface area contributed by atoms with Gasteiger partial charge in [0, 0.05) is 18.5 Å². The van der Waals surface area contributed by atoms with Crippen LogP contribution in [-0.4, -0.2) is 23.7 Å². The summed E-state index contributed by atoms with van der Waals surface area (Å²) in [6, 6.07) is 12.1. The first-order chi connectivity index (χ1) is 12.5. The quantitative estimate of drug-likeness (QED) is 0.427. The molecule has 0 amide bonds. The Kier molecular flexibility index (Phi) is 5.39. The van der Waals surface area contributed by atoms with Crippen LogP contribution in [0.5, 0.6) is 11.5 Å². The van der Waals surface area contributed by atoms with Crippen LogP contribution in [0.25, 0.3) is 5.69 Å². The number of ether oxygens (including phenoxy) is 2. The van der Waals surface area contributed by atoms with Crippen LogP contribution >= 0.6 is 23.4 Å². The molecule has 0 saturated carbocycles. The fourth-order valence-electron chi connectivity index (χ4n) is 2.43. The van der Waals surface area contributed by atoms with E-state index in [1.165, 1.54) is 17.8 Å². The van der Waals surface area contributed by atoms with E-state index < -0.39 is 4.92 Å². The predicted octanol–water partition coefficient (Wildman–Crippen LogP) is 5.21. The lowest BCUT2D eigenvalue weighted by molar-refractivity contribution is -0.387. The molecule has 0 aliphatic rings. The maximum absolute atomic E-state index is 11.5. The largest absolute Gasteiger partial charge is 0.497 e. The minimum absolute atomic E-state index is 0.0687. The number of nitro groups is 1. The predicted molar refractivity (Wildman–Crippen MR) is 101 cm³/mol. The molecule has 8 heteroatoms. The van der Waals surface area contributed by atoms with Crippen molar-refractivity contribution in [2.24, 2.45) is 0 Å². The molecule has 0 spiro atoms. The van der Waals surface area contributed by atoms with E-state index in [0.29, 0.717) is 32.0 Å². The van der Waals surface area contributed by atoms with Gasteiger partial charge >= 0.3 is 0 Å². The summed E-state index contributed by atoms with van der Waals surface area (Å²) in [5, 5.41) is 11.8. The molecule has 0 atom stereocenters. The van der Waals surface area contributed by atoms with Gasteiger partial charge < -0.3 is 14.0 Å². The van der Waals surface area contributed by atoms with Crippen molar-refractivity contribution in [2.75, 3.05) is 14.2 Å². The molecule has 2 aromatic carbocycles. The van der Waals surface area contributed by atoms with E-state index in [9.17, 15) is 10.1 Å². The highest BCUT2D eigenvalue weighted by Gasteiger charge is 2.21. The van der Waals surface area contributed by atoms with Crippen molar-refractivity contribution in [3.63, 3.8) is 0 Å². The van der Waals surface area contributed by atoms with E-state index in [2.05, 4.69) is 0 Å². The summed E-state index contributed by atoms with van der Waals surface area (Å²) in [7, 11) is 3.11. The van der Waals surface area contributed by atoms with Gasteiger partial charge in [0.05, 0.1) is 39.6 Å². The molecule has 1 aromatic heterocycles. The topological polar surface area (TPSA) is 66.5 Å². The molecule has 0 bridgehead atoms. The Morgan fingerprint density at radius 2 is 1.81 bits per heavy atom. The van der Waals surface area contributed by atoms with Gasteiger partial charge in [0.25, 0.3) is 5.69 Å². The van der Waals surface area contributed by atoms with Crippen LogP contribution in [0.2, 0.25) is 5.02 Å². The Morgan fingerprint density at radius 3 is 2.42 bits per heavy atom. The summed E-state index contributed by atoms with van der Waals surface area (Å²) in [6.07, 6.45) is 3.65. The van der Waals surface area contributed by atoms with Gasteiger partial charge in [-0.2, -0.15) is 0 Å². The van der Waals surface area contributed by atoms with Crippen LogP contribution in [-0.2, 0) is 0 Å². The molecule has 0 radical (unpaired) electrons. The Hall–Kier alpha value is -2.64. The summed E-state index contributed by atoms with van der Waals surface area (Å²) in [6.45, 7) is 0. The second-order valence-corrected chi connectivity index (χ2v) is 6.73. The zero-order chi connectivity index (χ0) is 18.7. The van der Waals surface area contributed by atoms with Crippen LogP contribution in [0.1, 0.15) is 0 Å². The van der Waals surface area contributed by atoms with Gasteiger partial charge in [0.2, 0.25) is 0 Å². The van der Waals surface area contributed by atoms with Crippen LogP contribution < -0.4 is 9.47 Å². The maximum atomic E-state index is 11.5. The zero-order valence-corrected chi connectivity index (χ0v) is 15.6. The summed E-state index contributed by atoms with van der Waals surface area (Å²) in [5.74, 6) is 1.23. The Bertz CT molecular complexity index is 945. The Labute approximate surface area is 159 Å². The zero-order valence-electron chi connectivity index (χ0n) is 14.0. The standard InChI is InChI=1S/C18H15ClN2O4S/c1-24-12-5-6-16(25-2)18(9-12)26-17-11-14(20-7-3-4-8-20)13(19)10-15(17)21(22)23/h3-11H,1-2H3. The van der Waals surface area contributed by atoms with Crippen LogP contribution in [0, 0.1) is 10.1 Å². The number of hydrogen-bond acceptors (Lipinski definition) is 5. The number of rotatable bonds is 6. The normalized spacial score (nSPS) is 10.6. The Balaban J connectivity index is 2.12. The number of nitrogens with zero attached hydrogens (tertiary/aromatic N) is 2. The van der Waals surface area contributed by atoms with E-state index >= 15 is 0 Å². The minimum atomic E-state index is -0.444. The van der Waals surface area contributed by atoms with Crippen molar-refractivity contribution in [3.05, 3.63) is 70.0 Å². The summed E-state index contributed by atoms with van der Waals surface area (Å²) in [4.78, 5) is 12.2. The first-order valence-corrected chi connectivity index (χ1v) is 8.74. The van der Waals surface area contributed by atoms with E-state index in [0.717, 1.165) is 0 Å². The molecule has 0 saturated heterocycles. The second kappa shape index (κ2) is 7.72. The molecule has 0 aliphatic heterocycles. The lowest BCUT2D eigenvalue weighted by atomic mass is 10.2. The number of methoxy groups -OCH3 is 2. The molecule has 1 heterocycles. The van der Waals surface area contributed by atoms with E-state index in [4.69, 9.17) is 21.1 Å². The average Bonchev–Trinajstić information content (AvgIpc) is 3.17. The summed E-state index contributed by atoms with van der Waals surface area (Å²) in [5.41, 5.74) is 0.590. The van der Waals surface area contributed by atoms with Crippen molar-refractivity contribution in [3.8, 4) is 17.2 Å². The van der Waals surface area contributed by atoms with Crippen LogP contribution in [0.4, 0.5) is 5.69 Å². The number of aromatic nitrogens is 1. The molecule has 0 aliphatic carbocycles. The summed E-state index contributed by atoms with van der Waals surface area (Å²) < 4.78 is 12.4. The SMILES string of the molecule is COc1ccc(OC)c(Sc2cc(-n3cccc3)c(Cl)cc2[N+](=O)[O-])c1. The van der Waals surface area contributed by atoms with Crippen LogP contribution in [0.3, 0.4) is 0 Å². The van der Waals surface area contributed by atoms with Gasteiger partial charge in [-0.15, -0.1) is 0 Å². The fourth-order valence-corrected chi connectivity index (χ4v) is 3.76. The van der Waals surface area contributed by atoms with Gasteiger partial charge in [-0.25, -0.2) is 0 Å². The highest BCUT2D eigenvalue weighted by atomic mass is 35.5. The third-order valence-corrected chi connectivity index (χ3v) is 5.09. The molecular formula is C18H15ClN2O4S. The first kappa shape index (κ1) is 18.2. The molecule has 0 unspecified atom stereocenters. The molecule has 3 aromatic rings. The monoisotopic (exact) mass is 390 g/mol. The maximum Gasteiger partial charge on any atom is 0.284 e. The smallest absolute Gasteiger partial charge is 0.284 e. The van der Waals surface area contributed by atoms with Crippen molar-refractivity contribution < 1.29 is 14.4 Å². The van der Waals surface area contributed by atoms with E-state index in [1.54, 1.807) is 43.1 Å². The van der Waals surface area contributed by atoms with Gasteiger partial charge in [-0.3, -0.25) is 10.1 Å². The summed E-state index contributed by atoms with van der Waals surface area (Å²) >= 11 is 7.49.